The number of nitrogens with two attached hydrogens (primary N) is 1. The molecule has 0 bridgehead atoms. The summed E-state index contributed by atoms with van der Waals surface area (Å²) < 4.78 is 4.87. The molecule has 1 saturated heterocycles. The Labute approximate surface area is 83.0 Å². The van der Waals surface area contributed by atoms with Crippen molar-refractivity contribution in [2.45, 2.75) is 19.4 Å². The van der Waals surface area contributed by atoms with Gasteiger partial charge in [-0.1, -0.05) is 19.1 Å². The van der Waals surface area contributed by atoms with Crippen molar-refractivity contribution >= 4 is 23.2 Å². The number of cyclic esters (lactones) is 1. The van der Waals surface area contributed by atoms with E-state index in [9.17, 15) is 4.79 Å². The zero-order valence-electron chi connectivity index (χ0n) is 7.66. The molecule has 1 rings (SSSR count). The maximum Gasteiger partial charge on any atom is 0.323 e. The summed E-state index contributed by atoms with van der Waals surface area (Å²) in [5.74, 6) is -0.155. The van der Waals surface area contributed by atoms with Crippen LogP contribution in [0, 0.1) is 0 Å². The monoisotopic (exact) mass is 202 g/mol. The highest BCUT2D eigenvalue weighted by Gasteiger charge is 2.31. The number of carbonyl (C=O) groups is 1. The number of esters is 1. The topological polar surface area (TPSA) is 55.6 Å². The summed E-state index contributed by atoms with van der Waals surface area (Å²) in [5, 5.41) is 0. The van der Waals surface area contributed by atoms with Crippen LogP contribution in [0.15, 0.2) is 0 Å². The van der Waals surface area contributed by atoms with Crippen LogP contribution in [0.3, 0.4) is 0 Å². The molecule has 0 spiro atoms. The highest BCUT2D eigenvalue weighted by Crippen LogP contribution is 2.13. The Morgan fingerprint density at radius 1 is 1.85 bits per heavy atom. The molecule has 1 unspecified atom stereocenters. The van der Waals surface area contributed by atoms with E-state index in [-0.39, 0.29) is 12.0 Å². The fourth-order valence-electron chi connectivity index (χ4n) is 1.46. The SMILES string of the molecule is CCN(CC(N)=S)C1CCOC1=O. The number of hydrogen-bond donors (Lipinski definition) is 1. The lowest BCUT2D eigenvalue weighted by atomic mass is 10.2. The van der Waals surface area contributed by atoms with Crippen LogP contribution in [0.4, 0.5) is 0 Å². The van der Waals surface area contributed by atoms with E-state index in [2.05, 4.69) is 0 Å². The molecule has 74 valence electrons. The summed E-state index contributed by atoms with van der Waals surface area (Å²) in [6.45, 7) is 3.74. The Hall–Kier alpha value is -0.680. The lowest BCUT2D eigenvalue weighted by Gasteiger charge is -2.23. The molecule has 5 heteroatoms. The molecule has 0 aliphatic carbocycles. The van der Waals surface area contributed by atoms with Crippen LogP contribution in [0.2, 0.25) is 0 Å². The van der Waals surface area contributed by atoms with Crippen LogP contribution in [0.1, 0.15) is 13.3 Å². The van der Waals surface area contributed by atoms with Gasteiger partial charge in [0.2, 0.25) is 0 Å². The van der Waals surface area contributed by atoms with Crippen LogP contribution < -0.4 is 5.73 Å². The second-order valence-corrected chi connectivity index (χ2v) is 3.53. The van der Waals surface area contributed by atoms with E-state index < -0.39 is 0 Å². The second-order valence-electron chi connectivity index (χ2n) is 3.00. The molecule has 13 heavy (non-hydrogen) atoms. The van der Waals surface area contributed by atoms with Gasteiger partial charge in [0.05, 0.1) is 11.6 Å². The standard InChI is InChI=1S/C8H14N2O2S/c1-2-10(5-7(9)13)6-3-4-12-8(6)11/h6H,2-5H2,1H3,(H2,9,13). The van der Waals surface area contributed by atoms with E-state index in [1.54, 1.807) is 0 Å². The van der Waals surface area contributed by atoms with Crippen molar-refractivity contribution in [2.75, 3.05) is 19.7 Å². The summed E-state index contributed by atoms with van der Waals surface area (Å²) in [6.07, 6.45) is 0.745. The van der Waals surface area contributed by atoms with Gasteiger partial charge in [-0.2, -0.15) is 0 Å². The Bertz CT molecular complexity index is 220. The molecule has 1 heterocycles. The first-order valence-electron chi connectivity index (χ1n) is 4.34. The smallest absolute Gasteiger partial charge is 0.323 e. The van der Waals surface area contributed by atoms with Crippen molar-refractivity contribution in [1.29, 1.82) is 0 Å². The first kappa shape index (κ1) is 10.4. The van der Waals surface area contributed by atoms with E-state index in [1.807, 2.05) is 11.8 Å². The second kappa shape index (κ2) is 4.53. The van der Waals surface area contributed by atoms with Crippen molar-refractivity contribution in [2.24, 2.45) is 5.73 Å². The maximum atomic E-state index is 11.2. The molecule has 0 aromatic carbocycles. The highest BCUT2D eigenvalue weighted by atomic mass is 32.1. The number of hydrogen-bond acceptors (Lipinski definition) is 4. The fourth-order valence-corrected chi connectivity index (χ4v) is 1.63. The summed E-state index contributed by atoms with van der Waals surface area (Å²) in [7, 11) is 0. The molecule has 1 aliphatic heterocycles. The minimum atomic E-state index is -0.155. The van der Waals surface area contributed by atoms with Crippen LogP contribution in [0.25, 0.3) is 0 Å². The van der Waals surface area contributed by atoms with Gasteiger partial charge in [0.1, 0.15) is 6.04 Å². The molecule has 1 atom stereocenters. The van der Waals surface area contributed by atoms with E-state index in [1.165, 1.54) is 0 Å². The molecule has 0 aromatic heterocycles. The van der Waals surface area contributed by atoms with Gasteiger partial charge in [0, 0.05) is 13.0 Å². The van der Waals surface area contributed by atoms with Crippen molar-refractivity contribution in [1.82, 2.24) is 4.90 Å². The summed E-state index contributed by atoms with van der Waals surface area (Å²) in [6, 6.07) is -0.147. The summed E-state index contributed by atoms with van der Waals surface area (Å²) in [5.41, 5.74) is 5.42. The quantitative estimate of drug-likeness (QED) is 0.510. The van der Waals surface area contributed by atoms with Crippen LogP contribution in [-0.4, -0.2) is 41.6 Å². The molecule has 2 N–H and O–H groups in total. The molecule has 0 amide bonds. The highest BCUT2D eigenvalue weighted by molar-refractivity contribution is 7.80. The van der Waals surface area contributed by atoms with E-state index in [4.69, 9.17) is 22.7 Å². The minimum absolute atomic E-state index is 0.147. The van der Waals surface area contributed by atoms with Gasteiger partial charge < -0.3 is 10.5 Å². The van der Waals surface area contributed by atoms with Crippen molar-refractivity contribution in [3.8, 4) is 0 Å². The molecule has 1 aliphatic rings. The van der Waals surface area contributed by atoms with Crippen LogP contribution in [0.5, 0.6) is 0 Å². The molecular formula is C8H14N2O2S. The van der Waals surface area contributed by atoms with Crippen LogP contribution in [-0.2, 0) is 9.53 Å². The van der Waals surface area contributed by atoms with Crippen molar-refractivity contribution < 1.29 is 9.53 Å². The Kier molecular flexibility index (Phi) is 3.62. The normalized spacial score (nSPS) is 22.0. The van der Waals surface area contributed by atoms with Crippen molar-refractivity contribution in [3.63, 3.8) is 0 Å². The molecule has 0 aromatic rings. The number of nitrogens with zero attached hydrogens (tertiary/aromatic N) is 1. The third-order valence-corrected chi connectivity index (χ3v) is 2.24. The Balaban J connectivity index is 2.54. The van der Waals surface area contributed by atoms with Gasteiger partial charge >= 0.3 is 5.97 Å². The Morgan fingerprint density at radius 2 is 2.54 bits per heavy atom. The van der Waals surface area contributed by atoms with Gasteiger partial charge in [-0.05, 0) is 6.54 Å². The van der Waals surface area contributed by atoms with Gasteiger partial charge in [0.25, 0.3) is 0 Å². The zero-order chi connectivity index (χ0) is 9.84. The lowest BCUT2D eigenvalue weighted by Crippen LogP contribution is -2.42. The number of likely N-dealkylation sites (N-methyl/N-ethyl adjacent to an activating group) is 1. The van der Waals surface area contributed by atoms with Gasteiger partial charge in [-0.3, -0.25) is 9.69 Å². The first-order valence-corrected chi connectivity index (χ1v) is 4.75. The maximum absolute atomic E-state index is 11.2. The molecule has 0 radical (unpaired) electrons. The van der Waals surface area contributed by atoms with Crippen molar-refractivity contribution in [3.05, 3.63) is 0 Å². The number of thiocarbonyl (C=S) groups is 1. The molecule has 4 nitrogen and oxygen atoms in total. The zero-order valence-corrected chi connectivity index (χ0v) is 8.47. The molecule has 1 fully saturated rings. The van der Waals surface area contributed by atoms with E-state index in [0.717, 1.165) is 13.0 Å². The van der Waals surface area contributed by atoms with Gasteiger partial charge in [0.15, 0.2) is 0 Å². The average molecular weight is 202 g/mol. The van der Waals surface area contributed by atoms with Gasteiger partial charge in [-0.15, -0.1) is 0 Å². The average Bonchev–Trinajstić information content (AvgIpc) is 2.47. The number of rotatable bonds is 4. The third kappa shape index (κ3) is 2.63. The predicted molar refractivity (Wildman–Crippen MR) is 53.4 cm³/mol. The summed E-state index contributed by atoms with van der Waals surface area (Å²) in [4.78, 5) is 13.6. The predicted octanol–water partition coefficient (Wildman–Crippen LogP) is -0.0901. The first-order chi connectivity index (χ1) is 6.15. The van der Waals surface area contributed by atoms with Gasteiger partial charge in [-0.25, -0.2) is 0 Å². The van der Waals surface area contributed by atoms with Crippen LogP contribution >= 0.6 is 12.2 Å². The number of carbonyl (C=O) groups excluding carboxylic acids is 1. The molecule has 0 saturated carbocycles. The largest absolute Gasteiger partial charge is 0.464 e. The third-order valence-electron chi connectivity index (χ3n) is 2.11. The fraction of sp³-hybridized carbons (Fsp3) is 0.750. The molecular weight excluding hydrogens is 188 g/mol. The van der Waals surface area contributed by atoms with E-state index >= 15 is 0 Å². The lowest BCUT2D eigenvalue weighted by molar-refractivity contribution is -0.142. The number of ether oxygens (including phenoxy) is 1. The van der Waals surface area contributed by atoms with E-state index in [0.29, 0.717) is 18.1 Å². The minimum Gasteiger partial charge on any atom is -0.464 e. The Morgan fingerprint density at radius 3 is 2.92 bits per heavy atom. The summed E-state index contributed by atoms with van der Waals surface area (Å²) >= 11 is 4.80.